The number of nitrogen functional groups attached to an aromatic ring is 1. The molecule has 1 saturated heterocycles. The largest absolute Gasteiger partial charge is 0.513 e. The van der Waals surface area contributed by atoms with Crippen molar-refractivity contribution < 1.29 is 85.6 Å². The van der Waals surface area contributed by atoms with Crippen LogP contribution in [0, 0.1) is 5.41 Å². The average molecular weight is 936 g/mol. The molecule has 1 aliphatic heterocycles. The molecule has 25 nitrogen and oxygen atoms in total. The van der Waals surface area contributed by atoms with Gasteiger partial charge in [0.1, 0.15) is 36.3 Å². The number of phosphoric ester groups is 3. The molecule has 60 heavy (non-hydrogen) atoms. The van der Waals surface area contributed by atoms with Crippen molar-refractivity contribution in [2.45, 2.75) is 96.4 Å². The summed E-state index contributed by atoms with van der Waals surface area (Å²) in [6.45, 7) is 2.47. The second kappa shape index (κ2) is 23.0. The molecule has 1 fully saturated rings. The number of carbonyl (C=O) groups is 3. The Balaban J connectivity index is 1.42. The van der Waals surface area contributed by atoms with Gasteiger partial charge in [-0.25, -0.2) is 28.6 Å². The molecule has 2 aromatic heterocycles. The number of phosphoric acid groups is 3. The van der Waals surface area contributed by atoms with E-state index in [-0.39, 0.29) is 53.8 Å². The molecule has 0 bridgehead atoms. The SMILES string of the molecule is CCCCC/C(O)=C/CCC(=O)SCCNC(=O)CCNC(=O)C(O)C(C)(C)COP(=O)(O)OP(=O)(O)OCC1OC(n2cnc3c(N)ncnc32)C(O)C1OP(=O)(O)O. The van der Waals surface area contributed by atoms with Gasteiger partial charge < -0.3 is 56.0 Å². The zero-order chi connectivity index (χ0) is 44.9. The third-order valence-corrected chi connectivity index (χ3v) is 12.6. The van der Waals surface area contributed by atoms with Gasteiger partial charge >= 0.3 is 23.5 Å². The number of hydrogen-bond acceptors (Lipinski definition) is 19. The van der Waals surface area contributed by atoms with Gasteiger partial charge in [0, 0.05) is 43.5 Å². The quantitative estimate of drug-likeness (QED) is 0.0362. The van der Waals surface area contributed by atoms with Gasteiger partial charge in [0.15, 0.2) is 22.8 Å². The molecule has 0 spiro atoms. The Morgan fingerprint density at radius 2 is 1.73 bits per heavy atom. The van der Waals surface area contributed by atoms with E-state index in [4.69, 9.17) is 19.5 Å². The molecule has 29 heteroatoms. The number of rotatable bonds is 26. The van der Waals surface area contributed by atoms with Gasteiger partial charge in [-0.2, -0.15) is 4.31 Å². The van der Waals surface area contributed by atoms with Crippen LogP contribution in [0.15, 0.2) is 24.5 Å². The number of unbranched alkanes of at least 4 members (excludes halogenated alkanes) is 2. The highest BCUT2D eigenvalue weighted by Crippen LogP contribution is 2.61. The van der Waals surface area contributed by atoms with E-state index in [1.165, 1.54) is 13.8 Å². The fourth-order valence-corrected chi connectivity index (χ4v) is 8.91. The van der Waals surface area contributed by atoms with Gasteiger partial charge in [-0.1, -0.05) is 45.4 Å². The van der Waals surface area contributed by atoms with E-state index in [9.17, 15) is 63.0 Å². The Kier molecular flexibility index (Phi) is 19.7. The number of aromatic nitrogens is 4. The lowest BCUT2D eigenvalue weighted by molar-refractivity contribution is -0.137. The minimum absolute atomic E-state index is 0.0268. The number of allylic oxidation sites excluding steroid dienone is 2. The van der Waals surface area contributed by atoms with Crippen molar-refractivity contribution in [1.29, 1.82) is 0 Å². The number of aliphatic hydroxyl groups excluding tert-OH is 3. The number of amides is 2. The number of imidazole rings is 1. The Labute approximate surface area is 348 Å². The normalized spacial score (nSPS) is 21.3. The van der Waals surface area contributed by atoms with Gasteiger partial charge in [0.2, 0.25) is 11.8 Å². The van der Waals surface area contributed by atoms with Crippen LogP contribution in [0.2, 0.25) is 0 Å². The van der Waals surface area contributed by atoms with Crippen molar-refractivity contribution in [2.75, 3.05) is 37.8 Å². The second-order valence-corrected chi connectivity index (χ2v) is 19.4. The van der Waals surface area contributed by atoms with Crippen LogP contribution in [0.25, 0.3) is 11.2 Å². The first-order chi connectivity index (χ1) is 27.9. The summed E-state index contributed by atoms with van der Waals surface area (Å²) in [6, 6.07) is 0. The van der Waals surface area contributed by atoms with Gasteiger partial charge in [-0.3, -0.25) is 32.5 Å². The number of thioether (sulfide) groups is 1. The number of anilines is 1. The zero-order valence-electron chi connectivity index (χ0n) is 32.8. The fourth-order valence-electron chi connectivity index (χ4n) is 5.38. The van der Waals surface area contributed by atoms with Crippen LogP contribution in [-0.4, -0.2) is 128 Å². The summed E-state index contributed by atoms with van der Waals surface area (Å²) in [5, 5.41) is 36.1. The Morgan fingerprint density at radius 3 is 2.42 bits per heavy atom. The lowest BCUT2D eigenvalue weighted by atomic mass is 9.87. The number of fused-ring (bicyclic) bond motifs is 1. The Hall–Kier alpha value is -2.90. The van der Waals surface area contributed by atoms with Crippen LogP contribution >= 0.6 is 35.2 Å². The first kappa shape index (κ1) is 51.5. The minimum Gasteiger partial charge on any atom is -0.513 e. The van der Waals surface area contributed by atoms with Gasteiger partial charge in [0.05, 0.1) is 25.3 Å². The summed E-state index contributed by atoms with van der Waals surface area (Å²) < 4.78 is 62.2. The predicted octanol–water partition coefficient (Wildman–Crippen LogP) is 1.47. The summed E-state index contributed by atoms with van der Waals surface area (Å²) in [7, 11) is -16.4. The molecule has 1 aliphatic rings. The van der Waals surface area contributed by atoms with Crippen LogP contribution in [-0.2, 0) is 50.7 Å². The molecule has 3 rings (SSSR count). The van der Waals surface area contributed by atoms with E-state index in [0.29, 0.717) is 18.6 Å². The number of nitrogens with zero attached hydrogens (tertiary/aromatic N) is 4. The Bertz CT molecular complexity index is 1950. The number of nitrogens with one attached hydrogen (secondary N) is 2. The molecule has 2 amide bonds. The van der Waals surface area contributed by atoms with Crippen molar-refractivity contribution >= 4 is 69.1 Å². The molecule has 2 aromatic rings. The first-order valence-corrected chi connectivity index (χ1v) is 23.9. The van der Waals surface area contributed by atoms with Gasteiger partial charge in [-0.05, 0) is 18.9 Å². The zero-order valence-corrected chi connectivity index (χ0v) is 36.3. The molecule has 0 aliphatic carbocycles. The van der Waals surface area contributed by atoms with E-state index < -0.39 is 84.6 Å². The maximum Gasteiger partial charge on any atom is 0.481 e. The molecular weight excluding hydrogens is 883 g/mol. The first-order valence-electron chi connectivity index (χ1n) is 18.4. The van der Waals surface area contributed by atoms with E-state index in [1.807, 2.05) is 0 Å². The smallest absolute Gasteiger partial charge is 0.481 e. The number of hydrogen-bond donors (Lipinski definition) is 10. The molecule has 0 saturated carbocycles. The molecule has 340 valence electrons. The molecule has 7 atom stereocenters. The summed E-state index contributed by atoms with van der Waals surface area (Å²) in [5.74, 6) is -0.921. The van der Waals surface area contributed by atoms with E-state index in [1.54, 1.807) is 6.08 Å². The Morgan fingerprint density at radius 1 is 1.03 bits per heavy atom. The third-order valence-electron chi connectivity index (χ3n) is 8.53. The lowest BCUT2D eigenvalue weighted by Gasteiger charge is -2.30. The summed E-state index contributed by atoms with van der Waals surface area (Å²) in [6.07, 6.45) is -1.19. The van der Waals surface area contributed by atoms with Crippen molar-refractivity contribution in [3.8, 4) is 0 Å². The maximum absolute atomic E-state index is 12.7. The molecular formula is C31H52N7O18P3S. The molecule has 0 aromatic carbocycles. The van der Waals surface area contributed by atoms with Gasteiger partial charge in [-0.15, -0.1) is 0 Å². The van der Waals surface area contributed by atoms with E-state index >= 15 is 0 Å². The number of ether oxygens (including phenoxy) is 1. The topological polar surface area (TPSA) is 384 Å². The monoisotopic (exact) mass is 935 g/mol. The van der Waals surface area contributed by atoms with Crippen molar-refractivity contribution in [3.05, 3.63) is 24.5 Å². The fraction of sp³-hybridized carbons (Fsp3) is 0.677. The van der Waals surface area contributed by atoms with E-state index in [0.717, 1.165) is 48.2 Å². The highest BCUT2D eigenvalue weighted by Gasteiger charge is 2.50. The number of carbonyl (C=O) groups excluding carboxylic acids is 3. The molecule has 7 unspecified atom stereocenters. The van der Waals surface area contributed by atoms with Crippen LogP contribution in [0.3, 0.4) is 0 Å². The summed E-state index contributed by atoms with van der Waals surface area (Å²) >= 11 is 1.03. The van der Waals surface area contributed by atoms with Crippen LogP contribution < -0.4 is 16.4 Å². The summed E-state index contributed by atoms with van der Waals surface area (Å²) in [4.78, 5) is 87.8. The second-order valence-electron chi connectivity index (χ2n) is 14.0. The van der Waals surface area contributed by atoms with Crippen LogP contribution in [0.5, 0.6) is 0 Å². The predicted molar refractivity (Wildman–Crippen MR) is 211 cm³/mol. The number of aliphatic hydroxyl groups is 3. The van der Waals surface area contributed by atoms with Crippen molar-refractivity contribution in [2.24, 2.45) is 5.41 Å². The van der Waals surface area contributed by atoms with Gasteiger partial charge in [0.25, 0.3) is 0 Å². The maximum atomic E-state index is 12.7. The van der Waals surface area contributed by atoms with Crippen molar-refractivity contribution in [1.82, 2.24) is 30.2 Å². The standard InChI is InChI=1S/C31H52N7O18P3S/c1-4-5-6-8-19(39)9-7-10-22(41)60-14-13-33-21(40)11-12-34-29(44)26(43)31(2,3)16-53-59(50,51)56-58(48,49)52-15-20-25(55-57(45,46)47)24(42)30(54-20)38-18-37-23-27(32)35-17-36-28(23)38/h9,17-18,20,24-26,30,39,42-43H,4-8,10-16H2,1-3H3,(H,33,40)(H,34,44)(H,48,49)(H,50,51)(H2,32,35,36)(H2,45,46,47)/b19-9-. The molecule has 0 radical (unpaired) electrons. The van der Waals surface area contributed by atoms with Crippen molar-refractivity contribution in [3.63, 3.8) is 0 Å². The van der Waals surface area contributed by atoms with Crippen LogP contribution in [0.4, 0.5) is 5.82 Å². The highest BCUT2D eigenvalue weighted by atomic mass is 32.2. The molecule has 11 N–H and O–H groups in total. The van der Waals surface area contributed by atoms with E-state index in [2.05, 4.69) is 41.3 Å². The minimum atomic E-state index is -5.58. The third kappa shape index (κ3) is 16.8. The number of nitrogens with two attached hydrogens (primary N) is 1. The molecule has 3 heterocycles. The average Bonchev–Trinajstić information content (AvgIpc) is 3.71. The summed E-state index contributed by atoms with van der Waals surface area (Å²) in [5.41, 5.74) is 4.24. The highest BCUT2D eigenvalue weighted by molar-refractivity contribution is 8.13. The van der Waals surface area contributed by atoms with Crippen LogP contribution in [0.1, 0.15) is 71.9 Å². The lowest BCUT2D eigenvalue weighted by Crippen LogP contribution is -2.46.